The predicted molar refractivity (Wildman–Crippen MR) is 236 cm³/mol. The number of fused-ring (bicyclic) bond motifs is 4. The van der Waals surface area contributed by atoms with Crippen LogP contribution in [-0.4, -0.2) is 89.7 Å². The fourth-order valence-corrected chi connectivity index (χ4v) is 8.94. The average Bonchev–Trinajstić information content (AvgIpc) is 3.69. The Kier molecular flexibility index (Phi) is 10.7. The molecule has 2 saturated heterocycles. The van der Waals surface area contributed by atoms with Crippen LogP contribution in [0.3, 0.4) is 0 Å². The van der Waals surface area contributed by atoms with Crippen molar-refractivity contribution in [3.05, 3.63) is 123 Å². The first kappa shape index (κ1) is 39.6. The molecular weight excluding hydrogens is 790 g/mol. The van der Waals surface area contributed by atoms with E-state index in [4.69, 9.17) is 9.47 Å². The minimum atomic E-state index is -0.553. The number of amides is 2. The van der Waals surface area contributed by atoms with E-state index in [-0.39, 0.29) is 33.6 Å². The number of rotatable bonds is 11. The molecule has 4 aliphatic heterocycles. The van der Waals surface area contributed by atoms with E-state index >= 15 is 0 Å². The quantitative estimate of drug-likeness (QED) is 0.128. The molecule has 3 N–H and O–H groups in total. The topological polar surface area (TPSA) is 139 Å². The molecule has 1 aliphatic carbocycles. The smallest absolute Gasteiger partial charge is 0.256 e. The monoisotopic (exact) mass is 837 g/mol. The van der Waals surface area contributed by atoms with Crippen molar-refractivity contribution in [1.82, 2.24) is 29.6 Å². The van der Waals surface area contributed by atoms with Crippen molar-refractivity contribution >= 4 is 39.3 Å². The average molecular weight is 838 g/mol. The highest BCUT2D eigenvalue weighted by Gasteiger charge is 2.29. The van der Waals surface area contributed by atoms with Crippen LogP contribution in [0.15, 0.2) is 94.8 Å². The van der Waals surface area contributed by atoms with E-state index in [0.717, 1.165) is 57.2 Å². The number of halogens is 1. The normalized spacial score (nSPS) is 16.1. The summed E-state index contributed by atoms with van der Waals surface area (Å²) in [7, 11) is 0. The molecule has 6 heterocycles. The van der Waals surface area contributed by atoms with Gasteiger partial charge < -0.3 is 44.4 Å². The van der Waals surface area contributed by atoms with Gasteiger partial charge in [-0.3, -0.25) is 19.2 Å². The van der Waals surface area contributed by atoms with Gasteiger partial charge in [-0.05, 0) is 119 Å². The zero-order valence-electron chi connectivity index (χ0n) is 34.4. The summed E-state index contributed by atoms with van der Waals surface area (Å²) in [6, 6.07) is 21.2. The zero-order chi connectivity index (χ0) is 42.3. The van der Waals surface area contributed by atoms with Gasteiger partial charge in [0.1, 0.15) is 22.2 Å². The number of aromatic nitrogens is 2. The first-order chi connectivity index (χ1) is 30.3. The Morgan fingerprint density at radius 3 is 1.65 bits per heavy atom. The molecule has 6 aromatic rings. The number of benzene rings is 4. The summed E-state index contributed by atoms with van der Waals surface area (Å²) in [5.41, 5.74) is 2.88. The molecule has 318 valence electrons. The summed E-state index contributed by atoms with van der Waals surface area (Å²) in [5.74, 6) is 1.22. The van der Waals surface area contributed by atoms with Crippen LogP contribution in [0.5, 0.6) is 23.0 Å². The van der Waals surface area contributed by atoms with Crippen molar-refractivity contribution in [2.24, 2.45) is 5.92 Å². The summed E-state index contributed by atoms with van der Waals surface area (Å²) in [6.45, 7) is 7.73. The molecule has 2 amide bonds. The molecular formula is C48H48FN7O6. The second kappa shape index (κ2) is 16.7. The molecule has 11 rings (SSSR count). The van der Waals surface area contributed by atoms with Gasteiger partial charge in [-0.15, -0.1) is 0 Å². The van der Waals surface area contributed by atoms with Crippen LogP contribution < -0.4 is 36.3 Å². The third-order valence-corrected chi connectivity index (χ3v) is 12.5. The van der Waals surface area contributed by atoms with Crippen LogP contribution in [0.1, 0.15) is 59.2 Å². The molecule has 13 nitrogen and oxygen atoms in total. The molecule has 2 aromatic heterocycles. The molecule has 1 saturated carbocycles. The van der Waals surface area contributed by atoms with Gasteiger partial charge in [0, 0.05) is 45.1 Å². The van der Waals surface area contributed by atoms with Gasteiger partial charge in [-0.1, -0.05) is 24.3 Å². The van der Waals surface area contributed by atoms with Gasteiger partial charge >= 0.3 is 0 Å². The second-order valence-electron chi connectivity index (χ2n) is 16.7. The number of likely N-dealkylation sites (tertiary alicyclic amines) is 2. The van der Waals surface area contributed by atoms with E-state index in [1.165, 1.54) is 56.9 Å². The highest BCUT2D eigenvalue weighted by Crippen LogP contribution is 2.45. The number of hydrogen-bond donors (Lipinski definition) is 3. The first-order valence-corrected chi connectivity index (χ1v) is 21.7. The maximum absolute atomic E-state index is 14.4. The highest BCUT2D eigenvalue weighted by molar-refractivity contribution is 6.01. The number of carbonyl (C=O) groups excluding carboxylic acids is 2. The standard InChI is InChI=1S/C26H28N4O3.C22H20FN3O3/c31-24-18-9-10-20(28-15-17-7-8-17)25-23(18)30(21-5-1-2-6-22(21)33-25)16-19(24)26(32)27-11-14-29-12-3-4-13-29;23-16-8-7-14-19-21(16)29-18-6-2-1-5-17(18)26(19)13-15(20(14)27)22(28)24-9-12-25-10-3-4-11-25/h1-2,5-6,9-10,16-17,28H,3-4,7-8,11-15H2,(H,27,32);1-2,5-8,13H,3-4,9-12H2,(H,24,28). The minimum Gasteiger partial charge on any atom is -0.451 e. The fourth-order valence-electron chi connectivity index (χ4n) is 8.94. The van der Waals surface area contributed by atoms with Gasteiger partial charge in [0.05, 0.1) is 27.8 Å². The van der Waals surface area contributed by atoms with Crippen molar-refractivity contribution in [3.63, 3.8) is 0 Å². The van der Waals surface area contributed by atoms with Crippen LogP contribution in [0.2, 0.25) is 0 Å². The number of anilines is 1. The number of hydrogen-bond acceptors (Lipinski definition) is 9. The summed E-state index contributed by atoms with van der Waals surface area (Å²) in [4.78, 5) is 56.8. The van der Waals surface area contributed by atoms with Gasteiger partial charge in [-0.25, -0.2) is 4.39 Å². The Labute approximate surface area is 357 Å². The molecule has 4 aromatic carbocycles. The van der Waals surface area contributed by atoms with Gasteiger partial charge in [0.2, 0.25) is 10.9 Å². The summed E-state index contributed by atoms with van der Waals surface area (Å²) < 4.78 is 30.0. The number of nitrogens with zero attached hydrogens (tertiary/aromatic N) is 4. The van der Waals surface area contributed by atoms with E-state index < -0.39 is 17.2 Å². The van der Waals surface area contributed by atoms with Crippen LogP contribution in [-0.2, 0) is 0 Å². The maximum atomic E-state index is 14.4. The SMILES string of the molecule is O=C(NCCN1CCCC1)c1cn2c3c(c(F)ccc3c1=O)Oc1ccccc1-2.O=C(NCCN1CCCC1)c1cn2c3c(c(NCC4CC4)ccc3c1=O)Oc1ccccc1-2. The molecule has 0 bridgehead atoms. The highest BCUT2D eigenvalue weighted by atomic mass is 19.1. The van der Waals surface area contributed by atoms with E-state index in [1.807, 2.05) is 53.1 Å². The Hall–Kier alpha value is -6.51. The number of para-hydroxylation sites is 4. The first-order valence-electron chi connectivity index (χ1n) is 21.7. The van der Waals surface area contributed by atoms with Crippen molar-refractivity contribution in [1.29, 1.82) is 0 Å². The lowest BCUT2D eigenvalue weighted by Gasteiger charge is -2.26. The van der Waals surface area contributed by atoms with E-state index in [9.17, 15) is 23.6 Å². The predicted octanol–water partition coefficient (Wildman–Crippen LogP) is 6.81. The fraction of sp³-hybridized carbons (Fsp3) is 0.333. The largest absolute Gasteiger partial charge is 0.451 e. The molecule has 5 aliphatic rings. The van der Waals surface area contributed by atoms with E-state index in [1.54, 1.807) is 22.9 Å². The molecule has 0 spiro atoms. The number of nitrogens with one attached hydrogen (secondary N) is 3. The van der Waals surface area contributed by atoms with Gasteiger partial charge in [-0.2, -0.15) is 0 Å². The summed E-state index contributed by atoms with van der Waals surface area (Å²) in [6.07, 6.45) is 10.5. The van der Waals surface area contributed by atoms with Crippen molar-refractivity contribution in [2.45, 2.75) is 38.5 Å². The molecule has 62 heavy (non-hydrogen) atoms. The van der Waals surface area contributed by atoms with E-state index in [2.05, 4.69) is 25.8 Å². The Morgan fingerprint density at radius 1 is 0.629 bits per heavy atom. The summed E-state index contributed by atoms with van der Waals surface area (Å²) in [5, 5.41) is 10.0. The third-order valence-electron chi connectivity index (χ3n) is 12.5. The lowest BCUT2D eigenvalue weighted by atomic mass is 10.1. The van der Waals surface area contributed by atoms with Crippen LogP contribution in [0.4, 0.5) is 10.1 Å². The number of carbonyl (C=O) groups is 2. The molecule has 14 heteroatoms. The number of ether oxygens (including phenoxy) is 2. The molecule has 3 fully saturated rings. The minimum absolute atomic E-state index is 0.000656. The Bertz CT molecular complexity index is 2860. The Balaban J connectivity index is 0.000000149. The second-order valence-corrected chi connectivity index (χ2v) is 16.7. The van der Waals surface area contributed by atoms with Crippen LogP contribution in [0.25, 0.3) is 33.2 Å². The van der Waals surface area contributed by atoms with Crippen molar-refractivity contribution in [3.8, 4) is 34.4 Å². The molecule has 0 unspecified atom stereocenters. The van der Waals surface area contributed by atoms with Gasteiger partial charge in [0.25, 0.3) is 11.8 Å². The molecule has 0 radical (unpaired) electrons. The van der Waals surface area contributed by atoms with Crippen LogP contribution >= 0.6 is 0 Å². The van der Waals surface area contributed by atoms with Crippen LogP contribution in [0, 0.1) is 11.7 Å². The third kappa shape index (κ3) is 7.57. The summed E-state index contributed by atoms with van der Waals surface area (Å²) >= 11 is 0. The van der Waals surface area contributed by atoms with Crippen molar-refractivity contribution < 1.29 is 23.5 Å². The number of pyridine rings is 2. The van der Waals surface area contributed by atoms with Gasteiger partial charge in [0.15, 0.2) is 28.8 Å². The lowest BCUT2D eigenvalue weighted by Crippen LogP contribution is -2.36. The van der Waals surface area contributed by atoms with Crippen molar-refractivity contribution in [2.75, 3.05) is 64.2 Å². The zero-order valence-corrected chi connectivity index (χ0v) is 34.4. The lowest BCUT2D eigenvalue weighted by molar-refractivity contribution is 0.0940. The van der Waals surface area contributed by atoms with E-state index in [0.29, 0.717) is 58.4 Å². The Morgan fingerprint density at radius 2 is 1.11 bits per heavy atom. The maximum Gasteiger partial charge on any atom is 0.256 e. The molecule has 0 atom stereocenters.